The molecule has 2 aromatic heterocycles. The number of nitrogens with zero attached hydrogens (tertiary/aromatic N) is 6. The van der Waals surface area contributed by atoms with Crippen molar-refractivity contribution in [3.05, 3.63) is 65.0 Å². The maximum Gasteiger partial charge on any atom is 0.225 e. The number of rotatable bonds is 4. The zero-order valence-electron chi connectivity index (χ0n) is 16.7. The average molecular weight is 425 g/mol. The number of hydrogen-bond acceptors (Lipinski definition) is 6. The van der Waals surface area contributed by atoms with Gasteiger partial charge in [-0.2, -0.15) is 0 Å². The van der Waals surface area contributed by atoms with Gasteiger partial charge in [-0.3, -0.25) is 4.90 Å². The molecule has 2 aliphatic rings. The molecule has 6 nitrogen and oxygen atoms in total. The Hall–Kier alpha value is -2.64. The van der Waals surface area contributed by atoms with Gasteiger partial charge >= 0.3 is 0 Å². The van der Waals surface area contributed by atoms with Gasteiger partial charge in [0.1, 0.15) is 5.82 Å². The van der Waals surface area contributed by atoms with E-state index < -0.39 is 0 Å². The number of hydrogen-bond donors (Lipinski definition) is 0. The number of aryl methyl sites for hydroxylation is 1. The van der Waals surface area contributed by atoms with E-state index in [9.17, 15) is 4.39 Å². The first kappa shape index (κ1) is 19.3. The van der Waals surface area contributed by atoms with Crippen LogP contribution in [0.1, 0.15) is 11.3 Å². The fraction of sp³-hybridized carbons (Fsp3) is 0.364. The van der Waals surface area contributed by atoms with Crippen molar-refractivity contribution in [3.63, 3.8) is 0 Å². The highest BCUT2D eigenvalue weighted by Crippen LogP contribution is 2.35. The molecule has 2 fully saturated rings. The van der Waals surface area contributed by atoms with E-state index in [2.05, 4.69) is 29.7 Å². The topological polar surface area (TPSA) is 58.0 Å². The Morgan fingerprint density at radius 1 is 1.03 bits per heavy atom. The van der Waals surface area contributed by atoms with Crippen molar-refractivity contribution in [1.29, 1.82) is 0 Å². The summed E-state index contributed by atoms with van der Waals surface area (Å²) in [5.74, 6) is 2.02. The number of halogens is 2. The van der Waals surface area contributed by atoms with E-state index in [1.807, 2.05) is 13.0 Å². The summed E-state index contributed by atoms with van der Waals surface area (Å²) in [4.78, 5) is 22.1. The largest absolute Gasteiger partial charge is 0.340 e. The fourth-order valence-electron chi connectivity index (χ4n) is 4.60. The Kier molecular flexibility index (Phi) is 5.08. The van der Waals surface area contributed by atoms with Crippen LogP contribution < -0.4 is 4.90 Å². The SMILES string of the molecule is Cc1nc(N2CC3CN(Cc4cccc(F)c4-c4ncccn4)CC3C2)ncc1Cl. The molecular formula is C22H22ClFN6. The summed E-state index contributed by atoms with van der Waals surface area (Å²) in [6.07, 6.45) is 4.97. The smallest absolute Gasteiger partial charge is 0.225 e. The summed E-state index contributed by atoms with van der Waals surface area (Å²) >= 11 is 6.06. The van der Waals surface area contributed by atoms with Gasteiger partial charge in [0.15, 0.2) is 5.82 Å². The molecule has 154 valence electrons. The lowest BCUT2D eigenvalue weighted by atomic mass is 10.0. The van der Waals surface area contributed by atoms with E-state index in [0.717, 1.165) is 43.4 Å². The van der Waals surface area contributed by atoms with E-state index in [1.54, 1.807) is 30.7 Å². The molecule has 0 amide bonds. The molecule has 0 aliphatic carbocycles. The van der Waals surface area contributed by atoms with E-state index in [1.165, 1.54) is 6.07 Å². The minimum atomic E-state index is -0.278. The molecule has 0 bridgehead atoms. The van der Waals surface area contributed by atoms with Crippen molar-refractivity contribution in [2.75, 3.05) is 31.1 Å². The lowest BCUT2D eigenvalue weighted by Gasteiger charge is -2.22. The normalized spacial score (nSPS) is 21.2. The van der Waals surface area contributed by atoms with Crippen molar-refractivity contribution in [1.82, 2.24) is 24.8 Å². The molecule has 30 heavy (non-hydrogen) atoms. The number of fused-ring (bicyclic) bond motifs is 1. The van der Waals surface area contributed by atoms with Gasteiger partial charge in [-0.05, 0) is 36.5 Å². The quantitative estimate of drug-likeness (QED) is 0.637. The number of anilines is 1. The van der Waals surface area contributed by atoms with E-state index >= 15 is 0 Å². The number of benzene rings is 1. The zero-order chi connectivity index (χ0) is 20.7. The third-order valence-electron chi connectivity index (χ3n) is 6.03. The van der Waals surface area contributed by atoms with Gasteiger partial charge in [-0.1, -0.05) is 23.7 Å². The monoisotopic (exact) mass is 424 g/mol. The van der Waals surface area contributed by atoms with Crippen LogP contribution >= 0.6 is 11.6 Å². The van der Waals surface area contributed by atoms with Crippen LogP contribution in [0.15, 0.2) is 42.9 Å². The van der Waals surface area contributed by atoms with Crippen LogP contribution in [0.3, 0.4) is 0 Å². The van der Waals surface area contributed by atoms with Gasteiger partial charge in [-0.15, -0.1) is 0 Å². The minimum absolute atomic E-state index is 0.278. The van der Waals surface area contributed by atoms with E-state index in [-0.39, 0.29) is 5.82 Å². The van der Waals surface area contributed by atoms with Gasteiger partial charge in [0.05, 0.1) is 22.5 Å². The molecule has 1 aromatic carbocycles. The molecule has 2 saturated heterocycles. The van der Waals surface area contributed by atoms with Crippen LogP contribution in [0.2, 0.25) is 5.02 Å². The van der Waals surface area contributed by atoms with Crippen LogP contribution in [0.5, 0.6) is 0 Å². The molecule has 8 heteroatoms. The van der Waals surface area contributed by atoms with Crippen LogP contribution in [0, 0.1) is 24.6 Å². The summed E-state index contributed by atoms with van der Waals surface area (Å²) in [5, 5.41) is 0.595. The second-order valence-electron chi connectivity index (χ2n) is 8.07. The summed E-state index contributed by atoms with van der Waals surface area (Å²) in [7, 11) is 0. The highest BCUT2D eigenvalue weighted by molar-refractivity contribution is 6.31. The van der Waals surface area contributed by atoms with Crippen molar-refractivity contribution in [2.24, 2.45) is 11.8 Å². The highest BCUT2D eigenvalue weighted by Gasteiger charge is 2.41. The molecule has 3 aromatic rings. The second-order valence-corrected chi connectivity index (χ2v) is 8.48. The van der Waals surface area contributed by atoms with E-state index in [0.29, 0.717) is 34.8 Å². The predicted molar refractivity (Wildman–Crippen MR) is 114 cm³/mol. The third-order valence-corrected chi connectivity index (χ3v) is 6.41. The van der Waals surface area contributed by atoms with Gasteiger partial charge in [-0.25, -0.2) is 24.3 Å². The van der Waals surface area contributed by atoms with Crippen molar-refractivity contribution < 1.29 is 4.39 Å². The molecule has 0 saturated carbocycles. The van der Waals surface area contributed by atoms with Crippen molar-refractivity contribution in [3.8, 4) is 11.4 Å². The lowest BCUT2D eigenvalue weighted by Crippen LogP contribution is -2.29. The Labute approximate surface area is 179 Å². The fourth-order valence-corrected chi connectivity index (χ4v) is 4.69. The van der Waals surface area contributed by atoms with Crippen LogP contribution in [0.4, 0.5) is 10.3 Å². The Bertz CT molecular complexity index is 1050. The first-order chi connectivity index (χ1) is 14.6. The summed E-state index contributed by atoms with van der Waals surface area (Å²) in [5.41, 5.74) is 2.23. The van der Waals surface area contributed by atoms with Gasteiger partial charge < -0.3 is 4.90 Å². The standard InChI is InChI=1S/C22H22ClFN6/c1-14-18(23)8-27-22(28-14)30-12-16-10-29(11-17(16)13-30)9-15-4-2-5-19(24)20(15)21-25-6-3-7-26-21/h2-8,16-17H,9-13H2,1H3. The third kappa shape index (κ3) is 3.63. The zero-order valence-corrected chi connectivity index (χ0v) is 17.4. The molecule has 0 spiro atoms. The maximum atomic E-state index is 14.6. The summed E-state index contributed by atoms with van der Waals surface area (Å²) < 4.78 is 14.6. The predicted octanol–water partition coefficient (Wildman–Crippen LogP) is 3.60. The summed E-state index contributed by atoms with van der Waals surface area (Å²) in [6, 6.07) is 6.94. The number of likely N-dealkylation sites (tertiary alicyclic amines) is 1. The van der Waals surface area contributed by atoms with Crippen LogP contribution in [-0.4, -0.2) is 51.0 Å². The lowest BCUT2D eigenvalue weighted by molar-refractivity contribution is 0.308. The van der Waals surface area contributed by atoms with Gasteiger partial charge in [0.25, 0.3) is 0 Å². The second kappa shape index (κ2) is 7.89. The van der Waals surface area contributed by atoms with Crippen molar-refractivity contribution in [2.45, 2.75) is 13.5 Å². The molecule has 2 atom stereocenters. The average Bonchev–Trinajstić information content (AvgIpc) is 3.29. The molecule has 2 aliphatic heterocycles. The Morgan fingerprint density at radius 2 is 1.77 bits per heavy atom. The molecule has 4 heterocycles. The van der Waals surface area contributed by atoms with Gasteiger partial charge in [0.2, 0.25) is 5.95 Å². The minimum Gasteiger partial charge on any atom is -0.340 e. The summed E-state index contributed by atoms with van der Waals surface area (Å²) in [6.45, 7) is 6.40. The first-order valence-electron chi connectivity index (χ1n) is 10.1. The van der Waals surface area contributed by atoms with Crippen LogP contribution in [-0.2, 0) is 6.54 Å². The molecular weight excluding hydrogens is 403 g/mol. The van der Waals surface area contributed by atoms with Crippen molar-refractivity contribution >= 4 is 17.5 Å². The maximum absolute atomic E-state index is 14.6. The molecule has 0 radical (unpaired) electrons. The number of aromatic nitrogens is 4. The highest BCUT2D eigenvalue weighted by atomic mass is 35.5. The van der Waals surface area contributed by atoms with Gasteiger partial charge in [0, 0.05) is 45.1 Å². The van der Waals surface area contributed by atoms with Crippen LogP contribution in [0.25, 0.3) is 11.4 Å². The Morgan fingerprint density at radius 3 is 2.47 bits per heavy atom. The molecule has 5 rings (SSSR count). The van der Waals surface area contributed by atoms with E-state index in [4.69, 9.17) is 11.6 Å². The molecule has 2 unspecified atom stereocenters. The molecule has 0 N–H and O–H groups in total. The Balaban J connectivity index is 1.29. The first-order valence-corrected chi connectivity index (χ1v) is 10.5.